The van der Waals surface area contributed by atoms with E-state index < -0.39 is 0 Å². The van der Waals surface area contributed by atoms with Gasteiger partial charge in [0.05, 0.1) is 0 Å². The number of hydrogen-bond acceptors (Lipinski definition) is 4. The van der Waals surface area contributed by atoms with Crippen molar-refractivity contribution in [1.82, 2.24) is 10.6 Å². The van der Waals surface area contributed by atoms with Crippen molar-refractivity contribution in [3.05, 3.63) is 0 Å². The van der Waals surface area contributed by atoms with E-state index in [0.717, 1.165) is 62.9 Å². The van der Waals surface area contributed by atoms with Crippen LogP contribution in [0.25, 0.3) is 0 Å². The first-order valence-corrected chi connectivity index (χ1v) is 15.7. The summed E-state index contributed by atoms with van der Waals surface area (Å²) in [5.74, 6) is 2.32. The van der Waals surface area contributed by atoms with Crippen LogP contribution in [-0.2, 0) is 9.59 Å². The summed E-state index contributed by atoms with van der Waals surface area (Å²) in [4.78, 5) is 24.9. The van der Waals surface area contributed by atoms with Gasteiger partial charge in [-0.15, -0.1) is 0 Å². The summed E-state index contributed by atoms with van der Waals surface area (Å²) in [6.07, 6.45) is 25.0. The van der Waals surface area contributed by atoms with Gasteiger partial charge in [0.2, 0.25) is 11.8 Å². The number of rotatable bonds is 22. The molecule has 0 saturated heterocycles. The summed E-state index contributed by atoms with van der Waals surface area (Å²) in [5, 5.41) is 6.48. The normalized spacial score (nSPS) is 18.1. The van der Waals surface area contributed by atoms with Gasteiger partial charge in [0.15, 0.2) is 0 Å². The van der Waals surface area contributed by atoms with Crippen LogP contribution in [-0.4, -0.2) is 35.4 Å². The summed E-state index contributed by atoms with van der Waals surface area (Å²) in [6, 6.07) is 0.212. The van der Waals surface area contributed by atoms with Gasteiger partial charge in [0, 0.05) is 24.9 Å². The molecule has 1 fully saturated rings. The monoisotopic (exact) mass is 514 g/mol. The third-order valence-electron chi connectivity index (χ3n) is 7.08. The molecular formula is C28H54N2O2S2. The van der Waals surface area contributed by atoms with E-state index >= 15 is 0 Å². The molecule has 1 rings (SSSR count). The van der Waals surface area contributed by atoms with Gasteiger partial charge in [0.1, 0.15) is 0 Å². The Balaban J connectivity index is 2.10. The quantitative estimate of drug-likeness (QED) is 0.0898. The second-order valence-electron chi connectivity index (χ2n) is 10.2. The predicted octanol–water partition coefficient (Wildman–Crippen LogP) is 7.41. The smallest absolute Gasteiger partial charge is 0.220 e. The van der Waals surface area contributed by atoms with E-state index in [2.05, 4.69) is 35.9 Å². The Morgan fingerprint density at radius 3 is 1.12 bits per heavy atom. The van der Waals surface area contributed by atoms with Gasteiger partial charge in [-0.3, -0.25) is 9.59 Å². The predicted molar refractivity (Wildman–Crippen MR) is 153 cm³/mol. The van der Waals surface area contributed by atoms with Crippen LogP contribution in [0.4, 0.5) is 0 Å². The molecule has 4 nitrogen and oxygen atoms in total. The number of unbranched alkanes of at least 4 members (excludes halogenated alkanes) is 14. The fourth-order valence-corrected chi connectivity index (χ4v) is 5.40. The van der Waals surface area contributed by atoms with Crippen molar-refractivity contribution in [2.75, 3.05) is 11.5 Å². The topological polar surface area (TPSA) is 58.2 Å². The summed E-state index contributed by atoms with van der Waals surface area (Å²) in [6.45, 7) is 0. The molecule has 0 unspecified atom stereocenters. The molecule has 34 heavy (non-hydrogen) atoms. The molecule has 2 N–H and O–H groups in total. The van der Waals surface area contributed by atoms with Gasteiger partial charge in [-0.05, 0) is 50.0 Å². The molecule has 1 saturated carbocycles. The molecular weight excluding hydrogens is 460 g/mol. The molecule has 0 aromatic carbocycles. The molecule has 0 bridgehead atoms. The lowest BCUT2D eigenvalue weighted by Crippen LogP contribution is -2.53. The Morgan fingerprint density at radius 2 is 0.794 bits per heavy atom. The minimum absolute atomic E-state index is 0.106. The van der Waals surface area contributed by atoms with Crippen molar-refractivity contribution in [3.8, 4) is 0 Å². The fourth-order valence-electron chi connectivity index (χ4n) is 4.95. The van der Waals surface area contributed by atoms with E-state index in [-0.39, 0.29) is 23.9 Å². The number of hydrogen-bond donors (Lipinski definition) is 4. The highest BCUT2D eigenvalue weighted by Gasteiger charge is 2.27. The molecule has 0 aliphatic heterocycles. The Morgan fingerprint density at radius 1 is 0.500 bits per heavy atom. The highest BCUT2D eigenvalue weighted by atomic mass is 32.1. The molecule has 6 heteroatoms. The first-order valence-electron chi connectivity index (χ1n) is 14.5. The van der Waals surface area contributed by atoms with Gasteiger partial charge < -0.3 is 10.6 Å². The second-order valence-corrected chi connectivity index (χ2v) is 11.1. The molecule has 2 atom stereocenters. The third-order valence-corrected chi connectivity index (χ3v) is 7.72. The van der Waals surface area contributed by atoms with Crippen LogP contribution in [0, 0.1) is 0 Å². The fraction of sp³-hybridized carbons (Fsp3) is 0.929. The van der Waals surface area contributed by atoms with Crippen LogP contribution in [0.15, 0.2) is 0 Å². The van der Waals surface area contributed by atoms with E-state index in [9.17, 15) is 9.59 Å². The van der Waals surface area contributed by atoms with Crippen molar-refractivity contribution >= 4 is 37.1 Å². The maximum absolute atomic E-state index is 12.5. The molecule has 0 aromatic rings. The second kappa shape index (κ2) is 23.1. The molecule has 1 aliphatic rings. The number of thiol groups is 2. The standard InChI is InChI=1S/C28H54N2O2S2/c31-27(21-13-9-5-1-3-7-11-17-23-33)29-25-19-15-16-20-26(25)30-28(32)22-14-10-6-2-4-8-12-18-24-34/h25-26,33-34H,1-24H2,(H,29,31)(H,30,32)/t25-,26-/m0/s1. The van der Waals surface area contributed by atoms with Gasteiger partial charge in [-0.25, -0.2) is 0 Å². The van der Waals surface area contributed by atoms with E-state index in [1.807, 2.05) is 0 Å². The molecule has 0 radical (unpaired) electrons. The number of amides is 2. The van der Waals surface area contributed by atoms with Crippen LogP contribution >= 0.6 is 25.3 Å². The number of nitrogens with one attached hydrogen (secondary N) is 2. The van der Waals surface area contributed by atoms with Crippen molar-refractivity contribution in [2.24, 2.45) is 0 Å². The SMILES string of the molecule is O=C(CCCCCCCCCCS)N[C@H]1CCCC[C@@H]1NC(=O)CCCCCCCCCCS. The summed E-state index contributed by atoms with van der Waals surface area (Å²) < 4.78 is 0. The maximum atomic E-state index is 12.5. The Labute approximate surface area is 221 Å². The van der Waals surface area contributed by atoms with Gasteiger partial charge in [-0.2, -0.15) is 25.3 Å². The first kappa shape index (κ1) is 31.7. The molecule has 0 spiro atoms. The summed E-state index contributed by atoms with van der Waals surface area (Å²) in [7, 11) is 0. The first-order chi connectivity index (χ1) is 16.7. The van der Waals surface area contributed by atoms with Crippen LogP contribution in [0.2, 0.25) is 0 Å². The zero-order chi connectivity index (χ0) is 24.7. The third kappa shape index (κ3) is 18.0. The Bertz CT molecular complexity index is 461. The maximum Gasteiger partial charge on any atom is 0.220 e. The van der Waals surface area contributed by atoms with E-state index in [0.29, 0.717) is 12.8 Å². The lowest BCUT2D eigenvalue weighted by atomic mass is 9.90. The molecule has 0 heterocycles. The minimum atomic E-state index is 0.106. The van der Waals surface area contributed by atoms with E-state index in [1.165, 1.54) is 77.0 Å². The summed E-state index contributed by atoms with van der Waals surface area (Å²) >= 11 is 8.51. The van der Waals surface area contributed by atoms with Gasteiger partial charge in [0.25, 0.3) is 0 Å². The van der Waals surface area contributed by atoms with Gasteiger partial charge in [-0.1, -0.05) is 89.9 Å². The van der Waals surface area contributed by atoms with Crippen LogP contribution in [0.1, 0.15) is 141 Å². The van der Waals surface area contributed by atoms with Crippen LogP contribution in [0.3, 0.4) is 0 Å². The average Bonchev–Trinajstić information content (AvgIpc) is 2.83. The van der Waals surface area contributed by atoms with Crippen LogP contribution in [0.5, 0.6) is 0 Å². The van der Waals surface area contributed by atoms with E-state index in [4.69, 9.17) is 0 Å². The minimum Gasteiger partial charge on any atom is -0.351 e. The van der Waals surface area contributed by atoms with Crippen molar-refractivity contribution < 1.29 is 9.59 Å². The molecule has 0 aromatic heterocycles. The highest BCUT2D eigenvalue weighted by Crippen LogP contribution is 2.20. The number of carbonyl (C=O) groups is 2. The van der Waals surface area contributed by atoms with Gasteiger partial charge >= 0.3 is 0 Å². The van der Waals surface area contributed by atoms with E-state index in [1.54, 1.807) is 0 Å². The van der Waals surface area contributed by atoms with Crippen molar-refractivity contribution in [1.29, 1.82) is 0 Å². The lowest BCUT2D eigenvalue weighted by Gasteiger charge is -2.33. The average molecular weight is 515 g/mol. The largest absolute Gasteiger partial charge is 0.351 e. The zero-order valence-corrected chi connectivity index (χ0v) is 23.6. The Hall–Kier alpha value is -0.360. The van der Waals surface area contributed by atoms with Crippen molar-refractivity contribution in [2.45, 2.75) is 153 Å². The lowest BCUT2D eigenvalue weighted by molar-refractivity contribution is -0.125. The van der Waals surface area contributed by atoms with Crippen molar-refractivity contribution in [3.63, 3.8) is 0 Å². The Kier molecular flexibility index (Phi) is 21.5. The molecule has 2 amide bonds. The highest BCUT2D eigenvalue weighted by molar-refractivity contribution is 7.80. The molecule has 200 valence electrons. The summed E-state index contributed by atoms with van der Waals surface area (Å²) in [5.41, 5.74) is 0. The zero-order valence-electron chi connectivity index (χ0n) is 21.8. The number of carbonyl (C=O) groups excluding carboxylic acids is 2. The van der Waals surface area contributed by atoms with Crippen LogP contribution < -0.4 is 10.6 Å². The molecule has 1 aliphatic carbocycles.